The van der Waals surface area contributed by atoms with Crippen molar-refractivity contribution in [3.8, 4) is 0 Å². The lowest BCUT2D eigenvalue weighted by molar-refractivity contribution is 0.755. The Labute approximate surface area is 207 Å². The third-order valence-electron chi connectivity index (χ3n) is 5.58. The molecule has 1 aliphatic heterocycles. The number of hydrogen-bond acceptors (Lipinski definition) is 3. The Morgan fingerprint density at radius 3 is 2.38 bits per heavy atom. The number of amidine groups is 2. The summed E-state index contributed by atoms with van der Waals surface area (Å²) in [6.45, 7) is 14.6. The first-order chi connectivity index (χ1) is 16.5. The molecule has 0 bridgehead atoms. The number of hydrogen-bond donors (Lipinski definition) is 1. The molecule has 0 saturated heterocycles. The molecule has 180 valence electrons. The molecule has 1 heterocycles. The lowest BCUT2D eigenvalue weighted by Crippen LogP contribution is -2.36. The normalized spacial score (nSPS) is 19.4. The molecule has 0 spiro atoms. The van der Waals surface area contributed by atoms with Gasteiger partial charge in [-0.05, 0) is 75.3 Å². The molecule has 0 amide bonds. The van der Waals surface area contributed by atoms with E-state index in [1.54, 1.807) is 0 Å². The van der Waals surface area contributed by atoms with Crippen LogP contribution in [0, 0.1) is 0 Å². The van der Waals surface area contributed by atoms with Gasteiger partial charge in [0.1, 0.15) is 11.7 Å². The van der Waals surface area contributed by atoms with E-state index < -0.39 is 0 Å². The van der Waals surface area contributed by atoms with Gasteiger partial charge in [0, 0.05) is 5.57 Å². The highest BCUT2D eigenvalue weighted by Crippen LogP contribution is 2.27. The van der Waals surface area contributed by atoms with Crippen LogP contribution < -0.4 is 5.32 Å². The molecule has 1 unspecified atom stereocenters. The summed E-state index contributed by atoms with van der Waals surface area (Å²) >= 11 is 0. The van der Waals surface area contributed by atoms with Gasteiger partial charge in [-0.1, -0.05) is 93.1 Å². The van der Waals surface area contributed by atoms with Crippen LogP contribution in [-0.2, 0) is 0 Å². The largest absolute Gasteiger partial charge is 0.325 e. The molecule has 3 nitrogen and oxygen atoms in total. The van der Waals surface area contributed by atoms with Crippen LogP contribution in [-0.4, -0.2) is 11.7 Å². The van der Waals surface area contributed by atoms with Gasteiger partial charge in [0.15, 0.2) is 6.17 Å². The monoisotopic (exact) mass is 455 g/mol. The molecule has 1 aromatic rings. The van der Waals surface area contributed by atoms with Crippen molar-refractivity contribution in [2.24, 2.45) is 9.98 Å². The average Bonchev–Trinajstić information content (AvgIpc) is 2.88. The Morgan fingerprint density at radius 2 is 1.76 bits per heavy atom. The topological polar surface area (TPSA) is 36.8 Å². The van der Waals surface area contributed by atoms with Crippen molar-refractivity contribution in [3.05, 3.63) is 106 Å². The highest BCUT2D eigenvalue weighted by molar-refractivity contribution is 6.16. The van der Waals surface area contributed by atoms with Crippen molar-refractivity contribution >= 4 is 11.7 Å². The van der Waals surface area contributed by atoms with E-state index in [1.165, 1.54) is 16.7 Å². The van der Waals surface area contributed by atoms with Gasteiger partial charge < -0.3 is 5.32 Å². The summed E-state index contributed by atoms with van der Waals surface area (Å²) in [7, 11) is 0. The molecule has 1 N–H and O–H groups in total. The van der Waals surface area contributed by atoms with Gasteiger partial charge in [-0.3, -0.25) is 0 Å². The number of nitrogens with one attached hydrogen (secondary N) is 1. The third kappa shape index (κ3) is 7.41. The van der Waals surface area contributed by atoms with E-state index in [0.717, 1.165) is 47.6 Å². The second-order valence-electron chi connectivity index (χ2n) is 8.19. The van der Waals surface area contributed by atoms with Gasteiger partial charge in [-0.2, -0.15) is 0 Å². The molecule has 34 heavy (non-hydrogen) atoms. The quantitative estimate of drug-likeness (QED) is 0.411. The number of aliphatic imine (C=N–C) groups is 2. The van der Waals surface area contributed by atoms with Crippen LogP contribution in [0.3, 0.4) is 0 Å². The fraction of sp³-hybridized carbons (Fsp3) is 0.355. The highest BCUT2D eigenvalue weighted by Gasteiger charge is 2.20. The van der Waals surface area contributed by atoms with Crippen molar-refractivity contribution < 1.29 is 0 Å². The Balaban J connectivity index is 0.00000199. The van der Waals surface area contributed by atoms with Gasteiger partial charge in [-0.25, -0.2) is 9.98 Å². The SMILES string of the molecule is C/C=C\C(=C/C)C1=NC(c2ccccc2)N=C(/C(C)=C/C(=C\CC)C2=CCCC(C)=C2)N1.CC. The average molecular weight is 456 g/mol. The van der Waals surface area contributed by atoms with Crippen molar-refractivity contribution in [1.82, 2.24) is 5.32 Å². The van der Waals surface area contributed by atoms with Gasteiger partial charge in [0.05, 0.1) is 0 Å². The van der Waals surface area contributed by atoms with E-state index in [9.17, 15) is 0 Å². The molecule has 1 atom stereocenters. The fourth-order valence-corrected chi connectivity index (χ4v) is 3.90. The van der Waals surface area contributed by atoms with Gasteiger partial charge in [-0.15, -0.1) is 0 Å². The number of benzene rings is 1. The minimum Gasteiger partial charge on any atom is -0.325 e. The molecule has 3 heteroatoms. The van der Waals surface area contributed by atoms with E-state index in [4.69, 9.17) is 9.98 Å². The minimum atomic E-state index is -0.263. The van der Waals surface area contributed by atoms with E-state index in [2.05, 4.69) is 74.7 Å². The Kier molecular flexibility index (Phi) is 11.3. The lowest BCUT2D eigenvalue weighted by Gasteiger charge is -2.23. The van der Waals surface area contributed by atoms with E-state index in [0.29, 0.717) is 0 Å². The fourth-order valence-electron chi connectivity index (χ4n) is 3.90. The van der Waals surface area contributed by atoms with Gasteiger partial charge in [0.25, 0.3) is 0 Å². The molecule has 0 aromatic heterocycles. The Morgan fingerprint density at radius 1 is 1.06 bits per heavy atom. The van der Waals surface area contributed by atoms with Crippen molar-refractivity contribution in [2.45, 2.75) is 73.9 Å². The van der Waals surface area contributed by atoms with Crippen LogP contribution in [0.15, 0.2) is 111 Å². The molecule has 1 aliphatic carbocycles. The molecule has 0 saturated carbocycles. The van der Waals surface area contributed by atoms with Crippen LogP contribution in [0.1, 0.15) is 79.5 Å². The molecule has 1 aromatic carbocycles. The second kappa shape index (κ2) is 14.1. The first-order valence-electron chi connectivity index (χ1n) is 12.6. The van der Waals surface area contributed by atoms with E-state index >= 15 is 0 Å². The summed E-state index contributed by atoms with van der Waals surface area (Å²) in [5.41, 5.74) is 7.26. The van der Waals surface area contributed by atoms with Crippen LogP contribution in [0.5, 0.6) is 0 Å². The van der Waals surface area contributed by atoms with Crippen LogP contribution in [0.4, 0.5) is 0 Å². The van der Waals surface area contributed by atoms with Crippen molar-refractivity contribution in [3.63, 3.8) is 0 Å². The number of nitrogens with zero attached hydrogens (tertiary/aromatic N) is 2. The first kappa shape index (κ1) is 27.0. The summed E-state index contributed by atoms with van der Waals surface area (Å²) in [5.74, 6) is 1.72. The maximum atomic E-state index is 4.99. The predicted octanol–water partition coefficient (Wildman–Crippen LogP) is 8.58. The smallest absolute Gasteiger partial charge is 0.169 e. The lowest BCUT2D eigenvalue weighted by atomic mass is 9.93. The maximum Gasteiger partial charge on any atom is 0.169 e. The second-order valence-corrected chi connectivity index (χ2v) is 8.19. The molecule has 0 radical (unpaired) electrons. The molecule has 2 aliphatic rings. The zero-order valence-electron chi connectivity index (χ0n) is 22.0. The van der Waals surface area contributed by atoms with E-state index in [1.807, 2.05) is 52.0 Å². The molecule has 0 fully saturated rings. The summed E-state index contributed by atoms with van der Waals surface area (Å²) in [6.07, 6.45) is 18.4. The summed E-state index contributed by atoms with van der Waals surface area (Å²) in [6, 6.07) is 10.3. The first-order valence-corrected chi connectivity index (χ1v) is 12.6. The summed E-state index contributed by atoms with van der Waals surface area (Å²) in [5, 5.41) is 3.50. The number of allylic oxidation sites excluding steroid dienone is 9. The van der Waals surface area contributed by atoms with Crippen LogP contribution in [0.25, 0.3) is 0 Å². The van der Waals surface area contributed by atoms with E-state index in [-0.39, 0.29) is 6.17 Å². The highest BCUT2D eigenvalue weighted by atomic mass is 15.2. The predicted molar refractivity (Wildman–Crippen MR) is 150 cm³/mol. The number of rotatable bonds is 7. The zero-order valence-corrected chi connectivity index (χ0v) is 22.0. The standard InChI is InChI=1S/C29H35N3.C2H6/c1-6-13-23(8-3)28-30-27(31-29(32-28)24-16-10-9-11-17-24)22(5)20-25(14-7-2)26-18-12-15-21(4)19-26;1-2/h6,8-11,13-14,16-20,29H,7,12,15H2,1-5H3,(H,30,31,32);1-2H3/b13-6-,22-20+,23-8+,25-14+;. The summed E-state index contributed by atoms with van der Waals surface area (Å²) < 4.78 is 0. The maximum absolute atomic E-state index is 4.99. The van der Waals surface area contributed by atoms with Crippen LogP contribution in [0.2, 0.25) is 0 Å². The summed E-state index contributed by atoms with van der Waals surface area (Å²) in [4.78, 5) is 9.91. The van der Waals surface area contributed by atoms with Crippen molar-refractivity contribution in [2.75, 3.05) is 0 Å². The van der Waals surface area contributed by atoms with Crippen molar-refractivity contribution in [1.29, 1.82) is 0 Å². The minimum absolute atomic E-state index is 0.263. The van der Waals surface area contributed by atoms with Crippen LogP contribution >= 0.6 is 0 Å². The molecule has 3 rings (SSSR count). The Bertz CT molecular complexity index is 1060. The third-order valence-corrected chi connectivity index (χ3v) is 5.58. The van der Waals surface area contributed by atoms with Gasteiger partial charge in [0.2, 0.25) is 0 Å². The zero-order chi connectivity index (χ0) is 24.9. The Hall–Kier alpha value is -3.20. The molecular weight excluding hydrogens is 414 g/mol. The molecular formula is C31H41N3. The van der Waals surface area contributed by atoms with Gasteiger partial charge >= 0.3 is 0 Å².